The van der Waals surface area contributed by atoms with Gasteiger partial charge in [-0.1, -0.05) is 12.1 Å². The first kappa shape index (κ1) is 20.6. The van der Waals surface area contributed by atoms with E-state index in [0.29, 0.717) is 24.7 Å². The summed E-state index contributed by atoms with van der Waals surface area (Å²) in [4.78, 5) is 20.1. The van der Waals surface area contributed by atoms with Crippen molar-refractivity contribution >= 4 is 16.8 Å². The molecular weight excluding hydrogens is 354 g/mol. The second-order valence-corrected chi connectivity index (χ2v) is 7.52. The molecule has 1 amide bonds. The Morgan fingerprint density at radius 1 is 1.32 bits per heavy atom. The second kappa shape index (κ2) is 9.85. The van der Waals surface area contributed by atoms with Gasteiger partial charge >= 0.3 is 0 Å². The number of pyridine rings is 1. The zero-order valence-electron chi connectivity index (χ0n) is 17.1. The standard InChI is InChI=1S/C22H31N3O3/c1-16(2)25(17-8-6-11-23-15-17)22(26)20-14-21(28-13-7-12-27-3)18-9-4-5-10-19(18)24-20/h4-5,9-10,14,16-17,23H,6-8,11-13,15H2,1-3H3/t17-/m1/s1. The van der Waals surface area contributed by atoms with E-state index < -0.39 is 0 Å². The maximum atomic E-state index is 13.4. The molecule has 0 unspecified atom stereocenters. The van der Waals surface area contributed by atoms with E-state index in [1.54, 1.807) is 13.2 Å². The summed E-state index contributed by atoms with van der Waals surface area (Å²) in [6.45, 7) is 7.16. The summed E-state index contributed by atoms with van der Waals surface area (Å²) >= 11 is 0. The molecule has 2 aromatic rings. The predicted octanol–water partition coefficient (Wildman–Crippen LogP) is 3.25. The lowest BCUT2D eigenvalue weighted by molar-refractivity contribution is 0.0567. The number of hydrogen-bond donors (Lipinski definition) is 1. The molecular formula is C22H31N3O3. The number of piperidine rings is 1. The van der Waals surface area contributed by atoms with Crippen LogP contribution in [0.15, 0.2) is 30.3 Å². The Kier molecular flexibility index (Phi) is 7.23. The Balaban J connectivity index is 1.90. The number of methoxy groups -OCH3 is 1. The van der Waals surface area contributed by atoms with Gasteiger partial charge in [-0.2, -0.15) is 0 Å². The molecule has 1 fully saturated rings. The molecule has 0 spiro atoms. The third kappa shape index (κ3) is 4.80. The molecule has 6 nitrogen and oxygen atoms in total. The van der Waals surface area contributed by atoms with Crippen LogP contribution < -0.4 is 10.1 Å². The molecule has 3 rings (SSSR count). The van der Waals surface area contributed by atoms with Gasteiger partial charge in [-0.05, 0) is 45.4 Å². The second-order valence-electron chi connectivity index (χ2n) is 7.52. The van der Waals surface area contributed by atoms with Crippen molar-refractivity contribution in [2.75, 3.05) is 33.4 Å². The van der Waals surface area contributed by atoms with Crippen LogP contribution in [0.25, 0.3) is 10.9 Å². The van der Waals surface area contributed by atoms with E-state index in [1.165, 1.54) is 0 Å². The Bertz CT molecular complexity index is 788. The number of amides is 1. The minimum absolute atomic E-state index is 0.0313. The van der Waals surface area contributed by atoms with Gasteiger partial charge in [0.1, 0.15) is 11.4 Å². The molecule has 1 atom stereocenters. The fourth-order valence-corrected chi connectivity index (χ4v) is 3.78. The fraction of sp³-hybridized carbons (Fsp3) is 0.545. The van der Waals surface area contributed by atoms with Crippen LogP contribution in [0.4, 0.5) is 0 Å². The van der Waals surface area contributed by atoms with E-state index >= 15 is 0 Å². The monoisotopic (exact) mass is 385 g/mol. The van der Waals surface area contributed by atoms with Crippen molar-refractivity contribution in [1.82, 2.24) is 15.2 Å². The Morgan fingerprint density at radius 2 is 2.14 bits per heavy atom. The Labute approximate surface area is 167 Å². The molecule has 1 N–H and O–H groups in total. The number of aromatic nitrogens is 1. The number of nitrogens with one attached hydrogen (secondary N) is 1. The van der Waals surface area contributed by atoms with E-state index in [2.05, 4.69) is 24.1 Å². The molecule has 1 saturated heterocycles. The van der Waals surface area contributed by atoms with Crippen LogP contribution in [0.5, 0.6) is 5.75 Å². The molecule has 1 aliphatic heterocycles. The highest BCUT2D eigenvalue weighted by atomic mass is 16.5. The lowest BCUT2D eigenvalue weighted by Gasteiger charge is -2.37. The molecule has 28 heavy (non-hydrogen) atoms. The maximum absolute atomic E-state index is 13.4. The predicted molar refractivity (Wildman–Crippen MR) is 111 cm³/mol. The summed E-state index contributed by atoms with van der Waals surface area (Å²) in [7, 11) is 1.68. The van der Waals surface area contributed by atoms with Gasteiger partial charge in [0.15, 0.2) is 0 Å². The fourth-order valence-electron chi connectivity index (χ4n) is 3.78. The van der Waals surface area contributed by atoms with Crippen LogP contribution in [0, 0.1) is 0 Å². The summed E-state index contributed by atoms with van der Waals surface area (Å²) in [6, 6.07) is 9.90. The SMILES string of the molecule is COCCCOc1cc(C(=O)N(C(C)C)[C@@H]2CCCNC2)nc2ccccc12. The highest BCUT2D eigenvalue weighted by molar-refractivity contribution is 5.97. The molecule has 0 radical (unpaired) electrons. The quantitative estimate of drug-likeness (QED) is 0.707. The molecule has 1 aliphatic rings. The topological polar surface area (TPSA) is 63.7 Å². The summed E-state index contributed by atoms with van der Waals surface area (Å²) < 4.78 is 11.1. The van der Waals surface area contributed by atoms with Crippen LogP contribution >= 0.6 is 0 Å². The average Bonchev–Trinajstić information content (AvgIpc) is 2.71. The highest BCUT2D eigenvalue weighted by Gasteiger charge is 2.29. The largest absolute Gasteiger partial charge is 0.493 e. The number of carbonyl (C=O) groups is 1. The number of rotatable bonds is 8. The van der Waals surface area contributed by atoms with Crippen molar-refractivity contribution in [3.8, 4) is 5.75 Å². The van der Waals surface area contributed by atoms with Crippen molar-refractivity contribution in [2.45, 2.75) is 45.2 Å². The van der Waals surface area contributed by atoms with Crippen LogP contribution in [0.2, 0.25) is 0 Å². The van der Waals surface area contributed by atoms with Crippen molar-refractivity contribution in [3.05, 3.63) is 36.0 Å². The Morgan fingerprint density at radius 3 is 2.86 bits per heavy atom. The molecule has 0 bridgehead atoms. The van der Waals surface area contributed by atoms with E-state index in [-0.39, 0.29) is 18.0 Å². The van der Waals surface area contributed by atoms with Crippen molar-refractivity contribution in [1.29, 1.82) is 0 Å². The zero-order chi connectivity index (χ0) is 19.9. The highest BCUT2D eigenvalue weighted by Crippen LogP contribution is 2.27. The molecule has 1 aromatic heterocycles. The van der Waals surface area contributed by atoms with Gasteiger partial charge in [0.05, 0.1) is 12.1 Å². The summed E-state index contributed by atoms with van der Waals surface area (Å²) in [5.74, 6) is 0.673. The van der Waals surface area contributed by atoms with Crippen molar-refractivity contribution in [2.24, 2.45) is 0 Å². The van der Waals surface area contributed by atoms with Gasteiger partial charge in [0.25, 0.3) is 5.91 Å². The number of fused-ring (bicyclic) bond motifs is 1. The van der Waals surface area contributed by atoms with Gasteiger partial charge in [0.2, 0.25) is 0 Å². The first-order valence-corrected chi connectivity index (χ1v) is 10.2. The first-order valence-electron chi connectivity index (χ1n) is 10.2. The van der Waals surface area contributed by atoms with Gasteiger partial charge in [-0.3, -0.25) is 4.79 Å². The third-order valence-corrected chi connectivity index (χ3v) is 5.10. The third-order valence-electron chi connectivity index (χ3n) is 5.10. The van der Waals surface area contributed by atoms with Gasteiger partial charge in [-0.25, -0.2) is 4.98 Å². The normalized spacial score (nSPS) is 17.1. The van der Waals surface area contributed by atoms with Crippen molar-refractivity contribution in [3.63, 3.8) is 0 Å². The van der Waals surface area contributed by atoms with Crippen LogP contribution in [-0.2, 0) is 4.74 Å². The van der Waals surface area contributed by atoms with E-state index in [0.717, 1.165) is 43.3 Å². The smallest absolute Gasteiger partial charge is 0.273 e. The molecule has 2 heterocycles. The van der Waals surface area contributed by atoms with Gasteiger partial charge in [0, 0.05) is 50.2 Å². The van der Waals surface area contributed by atoms with E-state index in [1.807, 2.05) is 29.2 Å². The maximum Gasteiger partial charge on any atom is 0.273 e. The first-order chi connectivity index (χ1) is 13.6. The number of benzene rings is 1. The van der Waals surface area contributed by atoms with E-state index in [4.69, 9.17) is 9.47 Å². The molecule has 0 aliphatic carbocycles. The lowest BCUT2D eigenvalue weighted by Crippen LogP contribution is -2.51. The van der Waals surface area contributed by atoms with E-state index in [9.17, 15) is 4.79 Å². The Hall–Kier alpha value is -2.18. The summed E-state index contributed by atoms with van der Waals surface area (Å²) in [5, 5.41) is 4.33. The minimum Gasteiger partial charge on any atom is -0.493 e. The number of para-hydroxylation sites is 1. The van der Waals surface area contributed by atoms with Crippen LogP contribution in [-0.4, -0.2) is 61.3 Å². The van der Waals surface area contributed by atoms with Crippen LogP contribution in [0.1, 0.15) is 43.6 Å². The molecule has 152 valence electrons. The number of carbonyl (C=O) groups excluding carboxylic acids is 1. The number of ether oxygens (including phenoxy) is 2. The minimum atomic E-state index is -0.0313. The van der Waals surface area contributed by atoms with Gasteiger partial charge in [-0.15, -0.1) is 0 Å². The molecule has 0 saturated carbocycles. The molecule has 1 aromatic carbocycles. The summed E-state index contributed by atoms with van der Waals surface area (Å²) in [5.41, 5.74) is 1.22. The zero-order valence-corrected chi connectivity index (χ0v) is 17.1. The average molecular weight is 386 g/mol. The van der Waals surface area contributed by atoms with Crippen LogP contribution in [0.3, 0.4) is 0 Å². The number of nitrogens with zero attached hydrogens (tertiary/aromatic N) is 2. The van der Waals surface area contributed by atoms with Crippen molar-refractivity contribution < 1.29 is 14.3 Å². The summed E-state index contributed by atoms with van der Waals surface area (Å²) in [6.07, 6.45) is 2.90. The number of hydrogen-bond acceptors (Lipinski definition) is 5. The lowest BCUT2D eigenvalue weighted by atomic mass is 10.0. The van der Waals surface area contributed by atoms with Gasteiger partial charge < -0.3 is 19.7 Å². The molecule has 6 heteroatoms.